The maximum Gasteiger partial charge on any atom is 0.255 e. The minimum absolute atomic E-state index is 0.248. The molecule has 0 bridgehead atoms. The van der Waals surface area contributed by atoms with E-state index in [0.29, 0.717) is 10.9 Å². The van der Waals surface area contributed by atoms with E-state index < -0.39 is 0 Å². The number of nitrogens with one attached hydrogen (secondary N) is 1. The molecule has 0 aliphatic carbocycles. The lowest BCUT2D eigenvalue weighted by atomic mass is 10.1. The first-order valence-electron chi connectivity index (χ1n) is 5.68. The monoisotopic (exact) mass is 262 g/mol. The zero-order valence-electron chi connectivity index (χ0n) is 10.0. The van der Waals surface area contributed by atoms with Crippen LogP contribution >= 0.6 is 11.8 Å². The van der Waals surface area contributed by atoms with Crippen molar-refractivity contribution in [3.8, 4) is 5.88 Å². The molecular weight excluding hydrogens is 248 g/mol. The number of nitrogens with zero attached hydrogens (tertiary/aromatic N) is 1. The van der Waals surface area contributed by atoms with E-state index in [2.05, 4.69) is 41.2 Å². The summed E-state index contributed by atoms with van der Waals surface area (Å²) in [6, 6.07) is 9.36. The molecule has 0 amide bonds. The van der Waals surface area contributed by atoms with Crippen LogP contribution in [0.3, 0.4) is 0 Å². The predicted molar refractivity (Wildman–Crippen MR) is 71.9 cm³/mol. The van der Waals surface area contributed by atoms with Gasteiger partial charge in [0.05, 0.1) is 6.07 Å². The number of H-pyrrole nitrogens is 1. The Morgan fingerprint density at radius 1 is 1.28 bits per heavy atom. The zero-order valence-corrected chi connectivity index (χ0v) is 10.8. The van der Waals surface area contributed by atoms with Crippen LogP contribution in [0.4, 0.5) is 0 Å². The Bertz CT molecular complexity index is 578. The zero-order chi connectivity index (χ0) is 13.0. The third-order valence-corrected chi connectivity index (χ3v) is 3.46. The van der Waals surface area contributed by atoms with Crippen molar-refractivity contribution in [2.75, 3.05) is 0 Å². The fourth-order valence-electron chi connectivity index (χ4n) is 1.51. The lowest BCUT2D eigenvalue weighted by Gasteiger charge is -2.03. The van der Waals surface area contributed by atoms with Crippen LogP contribution in [0.15, 0.2) is 40.3 Å². The van der Waals surface area contributed by atoms with Gasteiger partial charge in [-0.2, -0.15) is 4.98 Å². The molecule has 0 atom stereocenters. The summed E-state index contributed by atoms with van der Waals surface area (Å²) in [4.78, 5) is 17.6. The van der Waals surface area contributed by atoms with Gasteiger partial charge in [-0.25, -0.2) is 0 Å². The molecule has 0 aliphatic heterocycles. The smallest absolute Gasteiger partial charge is 0.255 e. The van der Waals surface area contributed by atoms with Crippen LogP contribution in [0.5, 0.6) is 5.88 Å². The lowest BCUT2D eigenvalue weighted by Crippen LogP contribution is -2.06. The van der Waals surface area contributed by atoms with Crippen molar-refractivity contribution in [3.63, 3.8) is 0 Å². The predicted octanol–water partition coefficient (Wildman–Crippen LogP) is 2.33. The van der Waals surface area contributed by atoms with E-state index in [1.165, 1.54) is 17.3 Å². The Labute approximate surface area is 109 Å². The van der Waals surface area contributed by atoms with E-state index in [1.54, 1.807) is 0 Å². The third-order valence-electron chi connectivity index (χ3n) is 2.51. The number of rotatable bonds is 4. The molecule has 0 unspecified atom stereocenters. The largest absolute Gasteiger partial charge is 0.493 e. The van der Waals surface area contributed by atoms with Crippen molar-refractivity contribution in [3.05, 3.63) is 51.8 Å². The van der Waals surface area contributed by atoms with Crippen LogP contribution in [0.25, 0.3) is 0 Å². The SMILES string of the molecule is CCc1ccc(CSc2nc(O)cc(=O)[nH]2)cc1. The van der Waals surface area contributed by atoms with Gasteiger partial charge in [0.2, 0.25) is 5.88 Å². The highest BCUT2D eigenvalue weighted by Gasteiger charge is 2.01. The fourth-order valence-corrected chi connectivity index (χ4v) is 2.34. The Morgan fingerprint density at radius 2 is 1.94 bits per heavy atom. The highest BCUT2D eigenvalue weighted by atomic mass is 32.2. The summed E-state index contributed by atoms with van der Waals surface area (Å²) >= 11 is 1.39. The number of hydrogen-bond acceptors (Lipinski definition) is 4. The van der Waals surface area contributed by atoms with Gasteiger partial charge < -0.3 is 10.1 Å². The van der Waals surface area contributed by atoms with Crippen molar-refractivity contribution >= 4 is 11.8 Å². The summed E-state index contributed by atoms with van der Waals surface area (Å²) in [5.74, 6) is 0.457. The Kier molecular flexibility index (Phi) is 4.04. The Morgan fingerprint density at radius 3 is 2.56 bits per heavy atom. The molecule has 0 saturated carbocycles. The van der Waals surface area contributed by atoms with Crippen molar-refractivity contribution < 1.29 is 5.11 Å². The molecule has 1 heterocycles. The highest BCUT2D eigenvalue weighted by molar-refractivity contribution is 7.98. The number of aromatic nitrogens is 2. The van der Waals surface area contributed by atoms with Gasteiger partial charge in [0.15, 0.2) is 5.16 Å². The molecule has 2 rings (SSSR count). The minimum atomic E-state index is -0.341. The molecule has 0 radical (unpaired) electrons. The highest BCUT2D eigenvalue weighted by Crippen LogP contribution is 2.19. The number of aryl methyl sites for hydroxylation is 1. The van der Waals surface area contributed by atoms with Crippen LogP contribution in [-0.4, -0.2) is 15.1 Å². The fraction of sp³-hybridized carbons (Fsp3) is 0.231. The number of aromatic hydroxyl groups is 1. The van der Waals surface area contributed by atoms with Crippen LogP contribution < -0.4 is 5.56 Å². The first-order chi connectivity index (χ1) is 8.67. The van der Waals surface area contributed by atoms with E-state index in [9.17, 15) is 9.90 Å². The molecule has 1 aromatic heterocycles. The summed E-state index contributed by atoms with van der Waals surface area (Å²) in [7, 11) is 0. The second kappa shape index (κ2) is 5.73. The normalized spacial score (nSPS) is 10.5. The van der Waals surface area contributed by atoms with Gasteiger partial charge in [0.25, 0.3) is 5.56 Å². The van der Waals surface area contributed by atoms with Gasteiger partial charge in [-0.3, -0.25) is 4.79 Å². The summed E-state index contributed by atoms with van der Waals surface area (Å²) < 4.78 is 0. The van der Waals surface area contributed by atoms with Crippen LogP contribution in [0, 0.1) is 0 Å². The molecule has 0 fully saturated rings. The molecule has 5 heteroatoms. The van der Waals surface area contributed by atoms with Gasteiger partial charge in [-0.15, -0.1) is 0 Å². The van der Waals surface area contributed by atoms with Gasteiger partial charge in [-0.05, 0) is 17.5 Å². The van der Waals surface area contributed by atoms with Gasteiger partial charge >= 0.3 is 0 Å². The summed E-state index contributed by atoms with van der Waals surface area (Å²) in [5, 5.41) is 9.65. The van der Waals surface area contributed by atoms with Crippen molar-refractivity contribution in [2.45, 2.75) is 24.3 Å². The molecule has 1 aromatic carbocycles. The number of benzene rings is 1. The minimum Gasteiger partial charge on any atom is -0.493 e. The first kappa shape index (κ1) is 12.7. The quantitative estimate of drug-likeness (QED) is 0.655. The summed E-state index contributed by atoms with van der Waals surface area (Å²) in [5.41, 5.74) is 2.11. The molecule has 0 saturated heterocycles. The number of aromatic amines is 1. The average Bonchev–Trinajstić information content (AvgIpc) is 2.36. The second-order valence-corrected chi connectivity index (χ2v) is 4.83. The molecule has 94 valence electrons. The molecule has 0 aliphatic rings. The lowest BCUT2D eigenvalue weighted by molar-refractivity contribution is 0.444. The summed E-state index contributed by atoms with van der Waals surface area (Å²) in [6.45, 7) is 2.12. The molecule has 18 heavy (non-hydrogen) atoms. The third kappa shape index (κ3) is 3.37. The molecular formula is C13H14N2O2S. The average molecular weight is 262 g/mol. The van der Waals surface area contributed by atoms with Gasteiger partial charge in [-0.1, -0.05) is 43.0 Å². The number of hydrogen-bond donors (Lipinski definition) is 2. The van der Waals surface area contributed by atoms with E-state index in [4.69, 9.17) is 0 Å². The summed E-state index contributed by atoms with van der Waals surface area (Å²) in [6.07, 6.45) is 1.02. The van der Waals surface area contributed by atoms with Crippen LogP contribution in [-0.2, 0) is 12.2 Å². The van der Waals surface area contributed by atoms with Gasteiger partial charge in [0.1, 0.15) is 0 Å². The molecule has 0 spiro atoms. The van der Waals surface area contributed by atoms with E-state index in [-0.39, 0.29) is 11.4 Å². The maximum absolute atomic E-state index is 11.1. The van der Waals surface area contributed by atoms with E-state index >= 15 is 0 Å². The topological polar surface area (TPSA) is 66.0 Å². The van der Waals surface area contributed by atoms with Crippen LogP contribution in [0.1, 0.15) is 18.1 Å². The van der Waals surface area contributed by atoms with Crippen LogP contribution in [0.2, 0.25) is 0 Å². The first-order valence-corrected chi connectivity index (χ1v) is 6.67. The van der Waals surface area contributed by atoms with E-state index in [1.807, 2.05) is 0 Å². The second-order valence-electron chi connectivity index (χ2n) is 3.87. The standard InChI is InChI=1S/C13H14N2O2S/c1-2-9-3-5-10(6-4-9)8-18-13-14-11(16)7-12(17)15-13/h3-7H,2,8H2,1H3,(H2,14,15,16,17). The maximum atomic E-state index is 11.1. The Hall–Kier alpha value is -1.75. The van der Waals surface area contributed by atoms with E-state index in [0.717, 1.165) is 18.1 Å². The molecule has 4 nitrogen and oxygen atoms in total. The van der Waals surface area contributed by atoms with Crippen molar-refractivity contribution in [2.24, 2.45) is 0 Å². The van der Waals surface area contributed by atoms with Gasteiger partial charge in [0, 0.05) is 5.75 Å². The Balaban J connectivity index is 2.04. The van der Waals surface area contributed by atoms with Crippen molar-refractivity contribution in [1.29, 1.82) is 0 Å². The molecule has 2 N–H and O–H groups in total. The molecule has 2 aromatic rings. The van der Waals surface area contributed by atoms with Crippen molar-refractivity contribution in [1.82, 2.24) is 9.97 Å². The number of thioether (sulfide) groups is 1.